The molecule has 6 nitrogen and oxygen atoms in total. The lowest BCUT2D eigenvalue weighted by molar-refractivity contribution is -0.163. The van der Waals surface area contributed by atoms with Crippen molar-refractivity contribution in [2.75, 3.05) is 12.4 Å². The van der Waals surface area contributed by atoms with Gasteiger partial charge in [0.2, 0.25) is 6.41 Å². The average molecular weight is 494 g/mol. The summed E-state index contributed by atoms with van der Waals surface area (Å²) < 4.78 is 69.4. The topological polar surface area (TPSA) is 83.9 Å². The van der Waals surface area contributed by atoms with Crippen LogP contribution in [0.25, 0.3) is 11.1 Å². The molecule has 0 saturated carbocycles. The lowest BCUT2D eigenvalue weighted by Gasteiger charge is -2.22. The Labute approximate surface area is 195 Å². The molecule has 0 radical (unpaired) electrons. The third kappa shape index (κ3) is 6.66. The van der Waals surface area contributed by atoms with Crippen molar-refractivity contribution in [1.29, 1.82) is 0 Å². The number of hydrogen-bond acceptors (Lipinski definition) is 5. The number of sulfone groups is 1. The Morgan fingerprint density at radius 2 is 1.47 bits per heavy atom. The van der Waals surface area contributed by atoms with Crippen LogP contribution in [0.15, 0.2) is 83.8 Å². The summed E-state index contributed by atoms with van der Waals surface area (Å²) in [6.45, 7) is -0.0427. The Morgan fingerprint density at radius 3 is 2.00 bits per heavy atom. The Balaban J connectivity index is 1.69. The summed E-state index contributed by atoms with van der Waals surface area (Å²) in [6.07, 6.45) is -4.33. The third-order valence-electron chi connectivity index (χ3n) is 5.07. The Morgan fingerprint density at radius 1 is 0.912 bits per heavy atom. The van der Waals surface area contributed by atoms with Gasteiger partial charge in [-0.25, -0.2) is 13.5 Å². The minimum atomic E-state index is -4.44. The van der Waals surface area contributed by atoms with Gasteiger partial charge in [0.05, 0.1) is 35.5 Å². The minimum absolute atomic E-state index is 0.0597. The number of hydrogen-bond donors (Lipinski definition) is 1. The molecule has 10 heteroatoms. The summed E-state index contributed by atoms with van der Waals surface area (Å²) in [5.74, 6) is -0.587. The quantitative estimate of drug-likeness (QED) is 0.254. The Kier molecular flexibility index (Phi) is 8.08. The van der Waals surface area contributed by atoms with E-state index < -0.39 is 33.4 Å². The number of hydroxylamine groups is 2. The van der Waals surface area contributed by atoms with Crippen LogP contribution in [0.4, 0.5) is 13.2 Å². The van der Waals surface area contributed by atoms with Gasteiger partial charge in [-0.2, -0.15) is 13.2 Å². The second-order valence-corrected chi connectivity index (χ2v) is 9.56. The summed E-state index contributed by atoms with van der Waals surface area (Å²) in [5, 5.41) is 10.1. The van der Waals surface area contributed by atoms with Crippen LogP contribution in [0, 0.1) is 0 Å². The first-order valence-corrected chi connectivity index (χ1v) is 11.8. The molecule has 0 heterocycles. The van der Waals surface area contributed by atoms with E-state index in [9.17, 15) is 31.6 Å². The molecular weight excluding hydrogens is 471 g/mol. The summed E-state index contributed by atoms with van der Waals surface area (Å²) in [6, 6.07) is 18.1. The molecule has 1 amide bonds. The van der Waals surface area contributed by atoms with Crippen molar-refractivity contribution < 1.29 is 36.3 Å². The maximum absolute atomic E-state index is 12.9. The van der Waals surface area contributed by atoms with E-state index in [0.717, 1.165) is 17.7 Å². The van der Waals surface area contributed by atoms with Crippen LogP contribution in [0.2, 0.25) is 0 Å². The van der Waals surface area contributed by atoms with Gasteiger partial charge in [-0.1, -0.05) is 54.6 Å². The number of nitrogens with zero attached hydrogens (tertiary/aromatic N) is 1. The van der Waals surface area contributed by atoms with Crippen molar-refractivity contribution in [3.05, 3.63) is 90.0 Å². The fourth-order valence-electron chi connectivity index (χ4n) is 3.23. The first-order chi connectivity index (χ1) is 16.1. The molecule has 34 heavy (non-hydrogen) atoms. The van der Waals surface area contributed by atoms with Crippen molar-refractivity contribution in [3.8, 4) is 11.1 Å². The van der Waals surface area contributed by atoms with Gasteiger partial charge < -0.3 is 4.74 Å². The lowest BCUT2D eigenvalue weighted by Crippen LogP contribution is -2.40. The van der Waals surface area contributed by atoms with E-state index in [2.05, 4.69) is 0 Å². The zero-order valence-electron chi connectivity index (χ0n) is 17.9. The van der Waals surface area contributed by atoms with Crippen LogP contribution in [0.5, 0.6) is 0 Å². The highest BCUT2D eigenvalue weighted by molar-refractivity contribution is 7.91. The predicted molar refractivity (Wildman–Crippen MR) is 119 cm³/mol. The Bertz CT molecular complexity index is 1180. The normalized spacial score (nSPS) is 12.8. The van der Waals surface area contributed by atoms with Gasteiger partial charge in [-0.15, -0.1) is 0 Å². The van der Waals surface area contributed by atoms with Crippen LogP contribution in [-0.2, 0) is 32.2 Å². The van der Waals surface area contributed by atoms with E-state index in [1.165, 1.54) is 36.4 Å². The van der Waals surface area contributed by atoms with Crippen LogP contribution in [0.3, 0.4) is 0 Å². The molecule has 3 aromatic rings. The Hall–Kier alpha value is -3.21. The second-order valence-electron chi connectivity index (χ2n) is 7.52. The van der Waals surface area contributed by atoms with E-state index >= 15 is 0 Å². The summed E-state index contributed by atoms with van der Waals surface area (Å²) in [5.41, 5.74) is 1.09. The predicted octanol–water partition coefficient (Wildman–Crippen LogP) is 4.58. The highest BCUT2D eigenvalue weighted by Gasteiger charge is 2.30. The number of alkyl halides is 3. The number of carbonyl (C=O) groups excluding carboxylic acids is 1. The largest absolute Gasteiger partial charge is 0.416 e. The van der Waals surface area contributed by atoms with Gasteiger partial charge in [-0.05, 0) is 41.0 Å². The zero-order chi connectivity index (χ0) is 24.8. The molecule has 0 bridgehead atoms. The van der Waals surface area contributed by atoms with Crippen molar-refractivity contribution >= 4 is 16.2 Å². The molecule has 1 atom stereocenters. The molecular formula is C24H22F3NO5S. The monoisotopic (exact) mass is 493 g/mol. The van der Waals surface area contributed by atoms with Crippen LogP contribution in [-0.4, -0.2) is 43.5 Å². The standard InChI is InChI=1S/C24H22F3NO5S/c25-24(26,27)21-10-6-19(7-11-21)20-8-12-23(13-9-20)34(31,32)16-22(28(30)17-29)15-33-14-18-4-2-1-3-5-18/h1-13,17,22,30H,14-16H2. The van der Waals surface area contributed by atoms with Crippen LogP contribution >= 0.6 is 0 Å². The van der Waals surface area contributed by atoms with Crippen LogP contribution < -0.4 is 0 Å². The van der Waals surface area contributed by atoms with Gasteiger partial charge in [-0.3, -0.25) is 10.0 Å². The van der Waals surface area contributed by atoms with Crippen molar-refractivity contribution in [3.63, 3.8) is 0 Å². The fourth-order valence-corrected chi connectivity index (χ4v) is 4.73. The van der Waals surface area contributed by atoms with Crippen LogP contribution in [0.1, 0.15) is 11.1 Å². The van der Waals surface area contributed by atoms with E-state index in [1.54, 1.807) is 0 Å². The molecule has 0 aliphatic carbocycles. The molecule has 0 spiro atoms. The van der Waals surface area contributed by atoms with Gasteiger partial charge in [0.15, 0.2) is 9.84 Å². The van der Waals surface area contributed by atoms with Crippen molar-refractivity contribution in [1.82, 2.24) is 5.06 Å². The molecule has 0 aliphatic heterocycles. The van der Waals surface area contributed by atoms with Gasteiger partial charge in [0.25, 0.3) is 0 Å². The molecule has 0 fully saturated rings. The van der Waals surface area contributed by atoms with E-state index in [1.807, 2.05) is 30.3 Å². The van der Waals surface area contributed by atoms with E-state index in [0.29, 0.717) is 11.1 Å². The minimum Gasteiger partial charge on any atom is -0.374 e. The van der Waals surface area contributed by atoms with E-state index in [-0.39, 0.29) is 29.6 Å². The SMILES string of the molecule is O=CN(O)C(COCc1ccccc1)CS(=O)(=O)c1ccc(-c2ccc(C(F)(F)F)cc2)cc1. The molecule has 1 N–H and O–H groups in total. The number of rotatable bonds is 10. The number of carbonyl (C=O) groups is 1. The van der Waals surface area contributed by atoms with Gasteiger partial charge in [0, 0.05) is 0 Å². The molecule has 3 rings (SSSR count). The summed E-state index contributed by atoms with van der Waals surface area (Å²) in [7, 11) is -3.92. The number of ether oxygens (including phenoxy) is 1. The average Bonchev–Trinajstić information content (AvgIpc) is 2.83. The maximum Gasteiger partial charge on any atom is 0.416 e. The number of halogens is 3. The highest BCUT2D eigenvalue weighted by atomic mass is 32.2. The first-order valence-electron chi connectivity index (χ1n) is 10.1. The van der Waals surface area contributed by atoms with E-state index in [4.69, 9.17) is 4.74 Å². The molecule has 0 aromatic heterocycles. The zero-order valence-corrected chi connectivity index (χ0v) is 18.7. The second kappa shape index (κ2) is 10.8. The van der Waals surface area contributed by atoms with Crippen molar-refractivity contribution in [2.45, 2.75) is 23.7 Å². The molecule has 0 aliphatic rings. The molecule has 3 aromatic carbocycles. The fraction of sp³-hybridized carbons (Fsp3) is 0.208. The number of amides is 1. The molecule has 1 unspecified atom stereocenters. The third-order valence-corrected chi connectivity index (χ3v) is 6.89. The first kappa shape index (κ1) is 25.4. The molecule has 0 saturated heterocycles. The smallest absolute Gasteiger partial charge is 0.374 e. The highest BCUT2D eigenvalue weighted by Crippen LogP contribution is 2.31. The van der Waals surface area contributed by atoms with Crippen molar-refractivity contribution in [2.24, 2.45) is 0 Å². The summed E-state index contributed by atoms with van der Waals surface area (Å²) >= 11 is 0. The molecule has 180 valence electrons. The van der Waals surface area contributed by atoms with Gasteiger partial charge in [0.1, 0.15) is 0 Å². The maximum atomic E-state index is 12.9. The lowest BCUT2D eigenvalue weighted by atomic mass is 10.0. The van der Waals surface area contributed by atoms with Gasteiger partial charge >= 0.3 is 6.18 Å². The number of benzene rings is 3. The summed E-state index contributed by atoms with van der Waals surface area (Å²) in [4.78, 5) is 11.0.